The summed E-state index contributed by atoms with van der Waals surface area (Å²) in [6.45, 7) is 3.02. The number of rotatable bonds is 1. The van der Waals surface area contributed by atoms with Crippen molar-refractivity contribution in [2.75, 3.05) is 19.7 Å². The van der Waals surface area contributed by atoms with Gasteiger partial charge in [-0.3, -0.25) is 0 Å². The zero-order chi connectivity index (χ0) is 11.0. The van der Waals surface area contributed by atoms with Crippen LogP contribution < -0.4 is 10.1 Å². The Morgan fingerprint density at radius 1 is 1.25 bits per heavy atom. The van der Waals surface area contributed by atoms with Crippen LogP contribution in [0.5, 0.6) is 5.75 Å². The van der Waals surface area contributed by atoms with Gasteiger partial charge < -0.3 is 10.1 Å². The first-order chi connectivity index (χ1) is 7.84. The van der Waals surface area contributed by atoms with Gasteiger partial charge in [0, 0.05) is 6.42 Å². The van der Waals surface area contributed by atoms with Gasteiger partial charge in [0.1, 0.15) is 5.75 Å². The fraction of sp³-hybridized carbons (Fsp3) is 0.538. The Morgan fingerprint density at radius 3 is 2.88 bits per heavy atom. The van der Waals surface area contributed by atoms with Crippen LogP contribution in [0, 0.1) is 0 Å². The highest BCUT2D eigenvalue weighted by Crippen LogP contribution is 2.38. The molecule has 1 saturated heterocycles. The van der Waals surface area contributed by atoms with E-state index in [-0.39, 0.29) is 0 Å². The van der Waals surface area contributed by atoms with Crippen molar-refractivity contribution in [2.24, 2.45) is 0 Å². The highest BCUT2D eigenvalue weighted by molar-refractivity contribution is 6.32. The van der Waals surface area contributed by atoms with Crippen molar-refractivity contribution in [1.82, 2.24) is 5.32 Å². The maximum atomic E-state index is 6.25. The average Bonchev–Trinajstić information content (AvgIpc) is 2.79. The number of piperidine rings is 1. The maximum Gasteiger partial charge on any atom is 0.141 e. The maximum absolute atomic E-state index is 6.25. The van der Waals surface area contributed by atoms with Crippen molar-refractivity contribution in [2.45, 2.75) is 25.2 Å². The molecule has 3 heteroatoms. The van der Waals surface area contributed by atoms with Crippen LogP contribution in [0.15, 0.2) is 12.1 Å². The zero-order valence-electron chi connectivity index (χ0n) is 9.26. The van der Waals surface area contributed by atoms with Crippen LogP contribution in [0.1, 0.15) is 29.9 Å². The summed E-state index contributed by atoms with van der Waals surface area (Å²) in [4.78, 5) is 0. The Hall–Kier alpha value is -0.730. The normalized spacial score (nSPS) is 20.6. The molecular formula is C13H16ClNO. The lowest BCUT2D eigenvalue weighted by Gasteiger charge is -2.23. The summed E-state index contributed by atoms with van der Waals surface area (Å²) >= 11 is 6.25. The van der Waals surface area contributed by atoms with Gasteiger partial charge in [-0.15, -0.1) is 0 Å². The molecule has 2 aliphatic rings. The van der Waals surface area contributed by atoms with Gasteiger partial charge in [-0.1, -0.05) is 17.7 Å². The summed E-state index contributed by atoms with van der Waals surface area (Å²) in [6.07, 6.45) is 3.44. The van der Waals surface area contributed by atoms with E-state index in [1.807, 2.05) is 0 Å². The minimum atomic E-state index is 0.671. The van der Waals surface area contributed by atoms with Crippen molar-refractivity contribution in [3.63, 3.8) is 0 Å². The first kappa shape index (κ1) is 10.4. The molecule has 0 atom stereocenters. The van der Waals surface area contributed by atoms with Crippen molar-refractivity contribution < 1.29 is 4.74 Å². The van der Waals surface area contributed by atoms with Crippen molar-refractivity contribution in [1.29, 1.82) is 0 Å². The Labute approximate surface area is 101 Å². The van der Waals surface area contributed by atoms with E-state index in [4.69, 9.17) is 16.3 Å². The van der Waals surface area contributed by atoms with E-state index >= 15 is 0 Å². The van der Waals surface area contributed by atoms with Crippen molar-refractivity contribution in [3.8, 4) is 5.75 Å². The number of hydrogen-bond donors (Lipinski definition) is 1. The molecule has 2 nitrogen and oxygen atoms in total. The quantitative estimate of drug-likeness (QED) is 0.811. The van der Waals surface area contributed by atoms with E-state index < -0.39 is 0 Å². The molecule has 1 aromatic carbocycles. The largest absolute Gasteiger partial charge is 0.491 e. The van der Waals surface area contributed by atoms with Crippen LogP contribution >= 0.6 is 11.6 Å². The molecule has 1 fully saturated rings. The number of fused-ring (bicyclic) bond motifs is 1. The van der Waals surface area contributed by atoms with Crippen LogP contribution in [0.25, 0.3) is 0 Å². The molecule has 2 aliphatic heterocycles. The fourth-order valence-electron chi connectivity index (χ4n) is 2.68. The van der Waals surface area contributed by atoms with Crippen LogP contribution in [-0.4, -0.2) is 19.7 Å². The Kier molecular flexibility index (Phi) is 2.78. The van der Waals surface area contributed by atoms with Crippen LogP contribution in [0.2, 0.25) is 5.02 Å². The molecule has 0 amide bonds. The molecule has 86 valence electrons. The standard InChI is InChI=1S/C13H16ClNO/c14-12-8-11(9-1-4-15-5-2-9)7-10-3-6-16-13(10)12/h7-9,15H,1-6H2. The topological polar surface area (TPSA) is 21.3 Å². The summed E-state index contributed by atoms with van der Waals surface area (Å²) in [6, 6.07) is 4.39. The third-order valence-electron chi connectivity index (χ3n) is 3.57. The molecule has 3 rings (SSSR count). The minimum absolute atomic E-state index is 0.671. The lowest BCUT2D eigenvalue weighted by molar-refractivity contribution is 0.357. The number of hydrogen-bond acceptors (Lipinski definition) is 2. The third kappa shape index (κ3) is 1.80. The molecular weight excluding hydrogens is 222 g/mol. The van der Waals surface area contributed by atoms with E-state index in [0.717, 1.165) is 36.9 Å². The lowest BCUT2D eigenvalue weighted by Crippen LogP contribution is -2.26. The fourth-order valence-corrected chi connectivity index (χ4v) is 2.98. The van der Waals surface area contributed by atoms with Gasteiger partial charge in [0.2, 0.25) is 0 Å². The molecule has 0 radical (unpaired) electrons. The number of nitrogens with one attached hydrogen (secondary N) is 1. The Balaban J connectivity index is 1.92. The van der Waals surface area contributed by atoms with Crippen LogP contribution in [-0.2, 0) is 6.42 Å². The SMILES string of the molecule is Clc1cc(C2CCNCC2)cc2c1OCC2. The molecule has 0 spiro atoms. The summed E-state index contributed by atoms with van der Waals surface area (Å²) in [7, 11) is 0. The molecule has 1 aromatic rings. The van der Waals surface area contributed by atoms with Gasteiger partial charge in [-0.25, -0.2) is 0 Å². The van der Waals surface area contributed by atoms with E-state index in [9.17, 15) is 0 Å². The van der Waals surface area contributed by atoms with Gasteiger partial charge in [-0.2, -0.15) is 0 Å². The number of benzene rings is 1. The smallest absolute Gasteiger partial charge is 0.141 e. The van der Waals surface area contributed by atoms with Gasteiger partial charge in [0.05, 0.1) is 11.6 Å². The molecule has 0 aromatic heterocycles. The Bertz CT molecular complexity index is 399. The first-order valence-electron chi connectivity index (χ1n) is 6.00. The van der Waals surface area contributed by atoms with E-state index in [1.54, 1.807) is 0 Å². The molecule has 0 bridgehead atoms. The van der Waals surface area contributed by atoms with Crippen molar-refractivity contribution >= 4 is 11.6 Å². The van der Waals surface area contributed by atoms with E-state index in [0.29, 0.717) is 5.92 Å². The number of halogens is 1. The highest BCUT2D eigenvalue weighted by Gasteiger charge is 2.21. The van der Waals surface area contributed by atoms with Gasteiger partial charge in [0.25, 0.3) is 0 Å². The second-order valence-corrected chi connectivity index (χ2v) is 5.02. The van der Waals surface area contributed by atoms with E-state index in [2.05, 4.69) is 17.4 Å². The second kappa shape index (κ2) is 4.27. The van der Waals surface area contributed by atoms with Gasteiger partial charge >= 0.3 is 0 Å². The molecule has 2 heterocycles. The minimum Gasteiger partial charge on any atom is -0.491 e. The molecule has 16 heavy (non-hydrogen) atoms. The monoisotopic (exact) mass is 237 g/mol. The predicted octanol–water partition coefficient (Wildman–Crippen LogP) is 2.74. The zero-order valence-corrected chi connectivity index (χ0v) is 10.0. The molecule has 1 N–H and O–H groups in total. The second-order valence-electron chi connectivity index (χ2n) is 4.61. The summed E-state index contributed by atoms with van der Waals surface area (Å²) < 4.78 is 5.53. The van der Waals surface area contributed by atoms with Gasteiger partial charge in [0.15, 0.2) is 0 Å². The first-order valence-corrected chi connectivity index (χ1v) is 6.38. The Morgan fingerprint density at radius 2 is 2.06 bits per heavy atom. The summed E-state index contributed by atoms with van der Waals surface area (Å²) in [5, 5.41) is 4.19. The van der Waals surface area contributed by atoms with Crippen LogP contribution in [0.3, 0.4) is 0 Å². The van der Waals surface area contributed by atoms with Crippen molar-refractivity contribution in [3.05, 3.63) is 28.3 Å². The summed E-state index contributed by atoms with van der Waals surface area (Å²) in [5.41, 5.74) is 2.69. The molecule has 0 saturated carbocycles. The highest BCUT2D eigenvalue weighted by atomic mass is 35.5. The summed E-state index contributed by atoms with van der Waals surface area (Å²) in [5.74, 6) is 1.59. The number of ether oxygens (including phenoxy) is 1. The van der Waals surface area contributed by atoms with Gasteiger partial charge in [-0.05, 0) is 49.0 Å². The predicted molar refractivity (Wildman–Crippen MR) is 65.5 cm³/mol. The molecule has 0 unspecified atom stereocenters. The third-order valence-corrected chi connectivity index (χ3v) is 3.85. The molecule has 0 aliphatic carbocycles. The average molecular weight is 238 g/mol. The van der Waals surface area contributed by atoms with E-state index in [1.165, 1.54) is 24.0 Å². The lowest BCUT2D eigenvalue weighted by atomic mass is 9.89. The van der Waals surface area contributed by atoms with Crippen LogP contribution in [0.4, 0.5) is 0 Å².